The van der Waals surface area contributed by atoms with Gasteiger partial charge in [-0.05, 0) is 61.7 Å². The second-order valence-electron chi connectivity index (χ2n) is 7.78. The van der Waals surface area contributed by atoms with Crippen molar-refractivity contribution >= 4 is 0 Å². The van der Waals surface area contributed by atoms with Crippen LogP contribution in [0.3, 0.4) is 0 Å². The molecule has 2 aromatic heterocycles. The van der Waals surface area contributed by atoms with Crippen LogP contribution >= 0.6 is 0 Å². The Morgan fingerprint density at radius 1 is 0.879 bits per heavy atom. The van der Waals surface area contributed by atoms with E-state index in [1.165, 1.54) is 18.6 Å². The predicted octanol–water partition coefficient (Wildman–Crippen LogP) is 5.07. The summed E-state index contributed by atoms with van der Waals surface area (Å²) in [6.45, 7) is 1.86. The number of nitrogens with zero attached hydrogens (tertiary/aromatic N) is 5. The number of ether oxygens (including phenoxy) is 2. The number of hydrogen-bond donors (Lipinski definition) is 0. The van der Waals surface area contributed by atoms with Gasteiger partial charge in [0.1, 0.15) is 17.8 Å². The van der Waals surface area contributed by atoms with Gasteiger partial charge >= 0.3 is 6.01 Å². The van der Waals surface area contributed by atoms with Gasteiger partial charge < -0.3 is 14.5 Å². The van der Waals surface area contributed by atoms with Crippen LogP contribution in [0.2, 0.25) is 0 Å². The molecule has 0 radical (unpaired) electrons. The Bertz CT molecular complexity index is 1240. The highest BCUT2D eigenvalue weighted by Crippen LogP contribution is 2.33. The number of aromatic nitrogens is 4. The Kier molecular flexibility index (Phi) is 5.89. The molecule has 0 unspecified atom stereocenters. The largest absolute Gasteiger partial charge is 0.493 e. The highest BCUT2D eigenvalue weighted by Gasteiger charge is 2.22. The van der Waals surface area contributed by atoms with Gasteiger partial charge in [-0.25, -0.2) is 19.0 Å². The van der Waals surface area contributed by atoms with E-state index in [1.54, 1.807) is 31.5 Å². The van der Waals surface area contributed by atoms with E-state index in [4.69, 9.17) is 14.5 Å². The van der Waals surface area contributed by atoms with Crippen LogP contribution in [0.1, 0.15) is 19.3 Å². The van der Waals surface area contributed by atoms with Gasteiger partial charge in [-0.1, -0.05) is 12.1 Å². The van der Waals surface area contributed by atoms with Crippen molar-refractivity contribution in [1.82, 2.24) is 19.6 Å². The van der Waals surface area contributed by atoms with Crippen LogP contribution in [-0.4, -0.2) is 39.8 Å². The molecule has 0 N–H and O–H groups in total. The molecule has 0 bridgehead atoms. The van der Waals surface area contributed by atoms with E-state index in [0.29, 0.717) is 17.2 Å². The van der Waals surface area contributed by atoms with Crippen LogP contribution in [-0.2, 0) is 0 Å². The van der Waals surface area contributed by atoms with Crippen LogP contribution in [0.15, 0.2) is 67.1 Å². The topological polar surface area (TPSA) is 65.3 Å². The zero-order valence-corrected chi connectivity index (χ0v) is 18.3. The molecular formula is C25H24FN5O2. The molecule has 2 aromatic carbocycles. The number of para-hydroxylation sites is 2. The van der Waals surface area contributed by atoms with E-state index in [0.717, 1.165) is 42.9 Å². The Morgan fingerprint density at radius 2 is 1.64 bits per heavy atom. The van der Waals surface area contributed by atoms with Gasteiger partial charge in [-0.15, -0.1) is 0 Å². The van der Waals surface area contributed by atoms with Crippen LogP contribution < -0.4 is 14.5 Å². The molecule has 168 valence electrons. The lowest BCUT2D eigenvalue weighted by Gasteiger charge is -2.30. The van der Waals surface area contributed by atoms with Crippen molar-refractivity contribution in [2.24, 2.45) is 0 Å². The lowest BCUT2D eigenvalue weighted by Crippen LogP contribution is -2.39. The number of halogens is 1. The van der Waals surface area contributed by atoms with E-state index < -0.39 is 0 Å². The number of imidazole rings is 1. The summed E-state index contributed by atoms with van der Waals surface area (Å²) in [6.07, 6.45) is 6.93. The first-order chi connectivity index (χ1) is 16.2. The molecule has 1 saturated heterocycles. The number of rotatable bonds is 6. The second-order valence-corrected chi connectivity index (χ2v) is 7.78. The van der Waals surface area contributed by atoms with E-state index >= 15 is 0 Å². The van der Waals surface area contributed by atoms with Gasteiger partial charge in [0, 0.05) is 24.8 Å². The lowest BCUT2D eigenvalue weighted by molar-refractivity contribution is 0.368. The first kappa shape index (κ1) is 20.9. The minimum absolute atomic E-state index is 0.202. The van der Waals surface area contributed by atoms with Crippen molar-refractivity contribution < 1.29 is 13.9 Å². The molecule has 4 aromatic rings. The molecule has 0 amide bonds. The van der Waals surface area contributed by atoms with Gasteiger partial charge in [-0.3, -0.25) is 0 Å². The van der Waals surface area contributed by atoms with E-state index in [9.17, 15) is 4.39 Å². The van der Waals surface area contributed by atoms with Gasteiger partial charge in [-0.2, -0.15) is 4.98 Å². The summed E-state index contributed by atoms with van der Waals surface area (Å²) in [6, 6.07) is 15.7. The fraction of sp³-hybridized carbons (Fsp3) is 0.240. The molecule has 1 aliphatic rings. The molecule has 5 rings (SSSR count). The van der Waals surface area contributed by atoms with E-state index in [1.807, 2.05) is 35.3 Å². The van der Waals surface area contributed by atoms with Gasteiger partial charge in [0.25, 0.3) is 0 Å². The molecular weight excluding hydrogens is 421 g/mol. The first-order valence-corrected chi connectivity index (χ1v) is 11.0. The molecule has 1 aliphatic heterocycles. The highest BCUT2D eigenvalue weighted by atomic mass is 19.1. The van der Waals surface area contributed by atoms with Crippen LogP contribution in [0.4, 0.5) is 4.39 Å². The normalized spacial score (nSPS) is 13.7. The Morgan fingerprint density at radius 3 is 2.39 bits per heavy atom. The highest BCUT2D eigenvalue weighted by molar-refractivity contribution is 5.77. The zero-order valence-electron chi connectivity index (χ0n) is 18.3. The van der Waals surface area contributed by atoms with Crippen LogP contribution in [0, 0.1) is 5.82 Å². The Balaban J connectivity index is 1.58. The molecule has 0 aliphatic carbocycles. The zero-order chi connectivity index (χ0) is 22.6. The summed E-state index contributed by atoms with van der Waals surface area (Å²) in [7, 11) is 1.59. The second kappa shape index (κ2) is 9.28. The number of methoxy groups -OCH3 is 1. The van der Waals surface area contributed by atoms with Crippen molar-refractivity contribution in [3.05, 3.63) is 72.9 Å². The van der Waals surface area contributed by atoms with Gasteiger partial charge in [0.2, 0.25) is 0 Å². The molecule has 33 heavy (non-hydrogen) atoms. The third-order valence-corrected chi connectivity index (χ3v) is 5.65. The van der Waals surface area contributed by atoms with Crippen LogP contribution in [0.5, 0.6) is 17.5 Å². The van der Waals surface area contributed by atoms with Crippen molar-refractivity contribution in [1.29, 1.82) is 0 Å². The minimum Gasteiger partial charge on any atom is -0.493 e. The monoisotopic (exact) mass is 445 g/mol. The maximum Gasteiger partial charge on any atom is 0.322 e. The maximum atomic E-state index is 13.6. The van der Waals surface area contributed by atoms with Gasteiger partial charge in [0.05, 0.1) is 18.5 Å². The third kappa shape index (κ3) is 4.37. The molecule has 0 atom stereocenters. The number of benzene rings is 2. The third-order valence-electron chi connectivity index (χ3n) is 5.65. The molecule has 8 heteroatoms. The van der Waals surface area contributed by atoms with E-state index in [2.05, 4.69) is 15.0 Å². The molecule has 0 spiro atoms. The fourth-order valence-corrected chi connectivity index (χ4v) is 4.03. The summed E-state index contributed by atoms with van der Waals surface area (Å²) in [5.41, 5.74) is 3.02. The van der Waals surface area contributed by atoms with Crippen molar-refractivity contribution in [2.45, 2.75) is 19.3 Å². The van der Waals surface area contributed by atoms with E-state index in [-0.39, 0.29) is 11.8 Å². The molecule has 1 fully saturated rings. The standard InChI is InChI=1S/C25H24FN5O2/c1-32-21-7-3-4-8-22(21)33-25-27-14-13-20(29-25)24-23(18-9-11-19(26)12-10-18)28-17-31(24)30-15-5-2-6-16-30/h3-4,7-14,17H,2,5-6,15-16H2,1H3. The SMILES string of the molecule is COc1ccccc1Oc1nccc(-c2c(-c3ccc(F)cc3)ncn2N2CCCCC2)n1. The van der Waals surface area contributed by atoms with Crippen LogP contribution in [0.25, 0.3) is 22.6 Å². The average Bonchev–Trinajstić information content (AvgIpc) is 3.31. The summed E-state index contributed by atoms with van der Waals surface area (Å²) >= 11 is 0. The summed E-state index contributed by atoms with van der Waals surface area (Å²) < 4.78 is 26.9. The smallest absolute Gasteiger partial charge is 0.322 e. The Labute approximate surface area is 191 Å². The first-order valence-electron chi connectivity index (χ1n) is 11.0. The maximum absolute atomic E-state index is 13.6. The lowest BCUT2D eigenvalue weighted by atomic mass is 10.1. The Hall–Kier alpha value is -3.94. The molecule has 7 nitrogen and oxygen atoms in total. The van der Waals surface area contributed by atoms with Crippen molar-refractivity contribution in [3.8, 4) is 40.2 Å². The average molecular weight is 445 g/mol. The van der Waals surface area contributed by atoms with Crippen molar-refractivity contribution in [2.75, 3.05) is 25.2 Å². The van der Waals surface area contributed by atoms with Crippen molar-refractivity contribution in [3.63, 3.8) is 0 Å². The predicted molar refractivity (Wildman–Crippen MR) is 124 cm³/mol. The summed E-state index contributed by atoms with van der Waals surface area (Å²) in [4.78, 5) is 13.7. The molecule has 0 saturated carbocycles. The van der Waals surface area contributed by atoms with Gasteiger partial charge in [0.15, 0.2) is 11.5 Å². The summed E-state index contributed by atoms with van der Waals surface area (Å²) in [5, 5.41) is 2.27. The number of hydrogen-bond acceptors (Lipinski definition) is 6. The summed E-state index contributed by atoms with van der Waals surface area (Å²) in [5.74, 6) is 0.836. The number of piperidine rings is 1. The quantitative estimate of drug-likeness (QED) is 0.413. The minimum atomic E-state index is -0.287. The fourth-order valence-electron chi connectivity index (χ4n) is 4.03. The molecule has 3 heterocycles.